The Bertz CT molecular complexity index is 1130. The Hall–Kier alpha value is -1.98. The molecule has 5 aromatic rings. The first-order valence-corrected chi connectivity index (χ1v) is 20.7. The number of rotatable bonds is 4. The van der Waals surface area contributed by atoms with Gasteiger partial charge in [-0.15, -0.1) is 0 Å². The van der Waals surface area contributed by atoms with Crippen molar-refractivity contribution in [1.82, 2.24) is 0 Å². The summed E-state index contributed by atoms with van der Waals surface area (Å²) in [6.07, 6.45) is 0. The average Bonchev–Trinajstić information content (AvgIpc) is 3.21. The zero-order valence-corrected chi connectivity index (χ0v) is 30.1. The Kier molecular flexibility index (Phi) is 15.8. The molecular formula is C36H43ClOsP2+. The van der Waals surface area contributed by atoms with Crippen LogP contribution in [0.25, 0.3) is 0 Å². The molecule has 40 heavy (non-hydrogen) atoms. The second kappa shape index (κ2) is 18.4. The summed E-state index contributed by atoms with van der Waals surface area (Å²) in [6, 6.07) is 43.0. The molecule has 0 unspecified atom stereocenters. The molecule has 0 aliphatic rings. The summed E-state index contributed by atoms with van der Waals surface area (Å²) in [5.74, 6) is 0. The van der Waals surface area contributed by atoms with E-state index in [0.29, 0.717) is 0 Å². The van der Waals surface area contributed by atoms with Gasteiger partial charge in [-0.1, -0.05) is 107 Å². The van der Waals surface area contributed by atoms with E-state index in [2.05, 4.69) is 179 Å². The van der Waals surface area contributed by atoms with Gasteiger partial charge in [-0.25, -0.2) is 0 Å². The predicted molar refractivity (Wildman–Crippen MR) is 184 cm³/mol. The van der Waals surface area contributed by atoms with Gasteiger partial charge in [0.2, 0.25) is 0 Å². The van der Waals surface area contributed by atoms with Crippen molar-refractivity contribution in [1.29, 1.82) is 0 Å². The van der Waals surface area contributed by atoms with Gasteiger partial charge in [0, 0.05) is 0 Å². The van der Waals surface area contributed by atoms with E-state index in [9.17, 15) is 0 Å². The van der Waals surface area contributed by atoms with Crippen molar-refractivity contribution in [2.75, 3.05) is 13.3 Å². The number of halogens is 1. The molecule has 4 heteroatoms. The Morgan fingerprint density at radius 3 is 0.800 bits per heavy atom. The van der Waals surface area contributed by atoms with Crippen LogP contribution in [0.2, 0.25) is 0 Å². The monoisotopic (exact) mass is 764 g/mol. The maximum atomic E-state index is 4.67. The molecular weight excluding hydrogens is 720 g/mol. The van der Waals surface area contributed by atoms with Crippen LogP contribution in [0, 0.1) is 34.6 Å². The van der Waals surface area contributed by atoms with E-state index in [0.717, 1.165) is 0 Å². The van der Waals surface area contributed by atoms with E-state index in [1.165, 1.54) is 66.6 Å². The third-order valence-electron chi connectivity index (χ3n) is 7.64. The molecule has 0 radical (unpaired) electrons. The summed E-state index contributed by atoms with van der Waals surface area (Å²) in [7, 11) is 3.58. The van der Waals surface area contributed by atoms with Gasteiger partial charge in [-0.2, -0.15) is 27.8 Å². The summed E-state index contributed by atoms with van der Waals surface area (Å²) in [5.41, 5.74) is 7.34. The van der Waals surface area contributed by atoms with Crippen molar-refractivity contribution in [3.63, 3.8) is 0 Å². The van der Waals surface area contributed by atoms with Crippen LogP contribution in [0.15, 0.2) is 121 Å². The first-order valence-electron chi connectivity index (χ1n) is 13.5. The molecule has 0 aliphatic carbocycles. The van der Waals surface area contributed by atoms with E-state index >= 15 is 0 Å². The van der Waals surface area contributed by atoms with Crippen LogP contribution in [0.5, 0.6) is 0 Å². The Morgan fingerprint density at radius 2 is 0.650 bits per heavy atom. The van der Waals surface area contributed by atoms with E-state index in [4.69, 9.17) is 0 Å². The fourth-order valence-corrected chi connectivity index (χ4v) is 7.93. The van der Waals surface area contributed by atoms with Gasteiger partial charge in [0.1, 0.15) is 0 Å². The molecule has 0 saturated carbocycles. The number of hydrogen-bond acceptors (Lipinski definition) is 0. The van der Waals surface area contributed by atoms with Gasteiger partial charge in [-0.05, 0) is 48.5 Å². The van der Waals surface area contributed by atoms with Crippen molar-refractivity contribution in [3.8, 4) is 0 Å². The molecule has 0 spiro atoms. The average molecular weight is 763 g/mol. The van der Waals surface area contributed by atoms with Gasteiger partial charge in [0.05, 0.1) is 50.4 Å². The summed E-state index contributed by atoms with van der Waals surface area (Å²) in [5, 5.41) is 5.90. The Balaban J connectivity index is 0.000000207. The third kappa shape index (κ3) is 10.1. The minimum absolute atomic E-state index is 0.545. The van der Waals surface area contributed by atoms with Crippen molar-refractivity contribution in [2.45, 2.75) is 34.6 Å². The van der Waals surface area contributed by atoms with Gasteiger partial charge < -0.3 is 0 Å². The second-order valence-corrected chi connectivity index (χ2v) is 14.6. The molecule has 211 valence electrons. The topological polar surface area (TPSA) is 0 Å². The van der Waals surface area contributed by atoms with Crippen LogP contribution < -0.4 is 21.2 Å². The van der Waals surface area contributed by atoms with Crippen LogP contribution in [-0.2, 0) is 17.6 Å². The molecule has 0 atom stereocenters. The zero-order chi connectivity index (χ0) is 29.5. The first kappa shape index (κ1) is 34.2. The summed E-state index contributed by atoms with van der Waals surface area (Å²) >= 11 is 1.33. The molecule has 0 fully saturated rings. The quantitative estimate of drug-likeness (QED) is 0.127. The standard InChI is InChI=1S/2C13H13P.C10H15.ClH.Os/c2*1-14(12-8-4-2-5-9-12)13-10-6-3-7-11-13;1-6-7(2)9(4)10(5)8(6)3;;/h2*2-11H,1H3;1-5H3;1H;/q;;-1;;+1/p+1. The third-order valence-corrected chi connectivity index (χ3v) is 12.4. The van der Waals surface area contributed by atoms with Gasteiger partial charge in [-0.3, -0.25) is 0 Å². The van der Waals surface area contributed by atoms with Crippen LogP contribution in [0.1, 0.15) is 27.8 Å². The molecule has 0 saturated heterocycles. The van der Waals surface area contributed by atoms with Gasteiger partial charge in [0.15, 0.2) is 0 Å². The van der Waals surface area contributed by atoms with Crippen molar-refractivity contribution in [2.24, 2.45) is 0 Å². The van der Waals surface area contributed by atoms with E-state index in [1.807, 2.05) is 0 Å². The first-order chi connectivity index (χ1) is 19.3. The van der Waals surface area contributed by atoms with Crippen LogP contribution in [0.4, 0.5) is 0 Å². The normalized spacial score (nSPS) is 10.1. The number of benzene rings is 4. The van der Waals surface area contributed by atoms with E-state index in [1.54, 1.807) is 0 Å². The van der Waals surface area contributed by atoms with E-state index in [-0.39, 0.29) is 0 Å². The molecule has 0 bridgehead atoms. The molecule has 0 nitrogen and oxygen atoms in total. The molecule has 0 N–H and O–H groups in total. The van der Waals surface area contributed by atoms with Crippen LogP contribution >= 0.6 is 25.5 Å². The maximum absolute atomic E-state index is 4.67. The molecule has 0 aromatic heterocycles. The van der Waals surface area contributed by atoms with Gasteiger partial charge in [0.25, 0.3) is 0 Å². The SMILES string of the molecule is C[PH+](c1ccccc1)c1ccccc1.C[PH+](c1ccccc1)c1ccccc1.Cc1c(C)c(C)[c-](C)c1C.[Cl][Os]. The van der Waals surface area contributed by atoms with Crippen LogP contribution in [0.3, 0.4) is 0 Å². The molecule has 0 heterocycles. The summed E-state index contributed by atoms with van der Waals surface area (Å²) < 4.78 is 0. The molecule has 5 rings (SSSR count). The van der Waals surface area contributed by atoms with Crippen molar-refractivity contribution < 1.29 is 17.6 Å². The van der Waals surface area contributed by atoms with Crippen LogP contribution in [-0.4, -0.2) is 13.3 Å². The van der Waals surface area contributed by atoms with E-state index < -0.39 is 15.8 Å². The summed E-state index contributed by atoms with van der Waals surface area (Å²) in [6.45, 7) is 15.7. The fraction of sp³-hybridized carbons (Fsp3) is 0.194. The Morgan fingerprint density at radius 1 is 0.450 bits per heavy atom. The Labute approximate surface area is 260 Å². The number of hydrogen-bond donors (Lipinski definition) is 0. The molecule has 5 aromatic carbocycles. The fourth-order valence-electron chi connectivity index (χ4n) is 4.49. The second-order valence-electron chi connectivity index (χ2n) is 9.84. The van der Waals surface area contributed by atoms with Crippen molar-refractivity contribution in [3.05, 3.63) is 149 Å². The minimum atomic E-state index is -0.545. The van der Waals surface area contributed by atoms with Gasteiger partial charge >= 0.3 is 27.2 Å². The molecule has 0 amide bonds. The summed E-state index contributed by atoms with van der Waals surface area (Å²) in [4.78, 5) is 0. The predicted octanol–water partition coefficient (Wildman–Crippen LogP) is 8.60. The van der Waals surface area contributed by atoms with Crippen molar-refractivity contribution >= 4 is 46.7 Å². The zero-order valence-electron chi connectivity index (χ0n) is 24.8. The molecule has 0 aliphatic heterocycles.